The van der Waals surface area contributed by atoms with Gasteiger partial charge in [0.25, 0.3) is 0 Å². The van der Waals surface area contributed by atoms with Gasteiger partial charge in [-0.15, -0.1) is 0 Å². The molecule has 4 saturated carbocycles. The Bertz CT molecular complexity index is 740. The molecule has 0 spiro atoms. The predicted molar refractivity (Wildman–Crippen MR) is 120 cm³/mol. The van der Waals surface area contributed by atoms with Gasteiger partial charge in [-0.2, -0.15) is 4.89 Å². The highest BCUT2D eigenvalue weighted by Gasteiger charge is 2.67. The summed E-state index contributed by atoms with van der Waals surface area (Å²) in [6.07, 6.45) is 7.12. The van der Waals surface area contributed by atoms with Crippen LogP contribution in [-0.2, 0) is 14.4 Å². The minimum absolute atomic E-state index is 0.00638. The molecule has 0 aromatic carbocycles. The Labute approximate surface area is 197 Å². The lowest BCUT2D eigenvalue weighted by Gasteiger charge is -2.64. The smallest absolute Gasteiger partial charge is 0.307 e. The van der Waals surface area contributed by atoms with Crippen LogP contribution in [0.3, 0.4) is 0 Å². The average Bonchev–Trinajstić information content (AvgIpc) is 3.08. The van der Waals surface area contributed by atoms with E-state index in [4.69, 9.17) is 9.99 Å². The predicted octanol–water partition coefficient (Wildman–Crippen LogP) is 5.07. The Morgan fingerprint density at radius 2 is 1.73 bits per heavy atom. The topological polar surface area (TPSA) is 96.2 Å². The number of halogens is 1. The van der Waals surface area contributed by atoms with Crippen molar-refractivity contribution >= 4 is 5.97 Å². The van der Waals surface area contributed by atoms with Crippen LogP contribution in [0.2, 0.25) is 0 Å². The molecule has 0 amide bonds. The maximum absolute atomic E-state index is 16.1. The summed E-state index contributed by atoms with van der Waals surface area (Å²) >= 11 is 0. The summed E-state index contributed by atoms with van der Waals surface area (Å²) in [7, 11) is 0. The van der Waals surface area contributed by atoms with E-state index >= 15 is 4.39 Å². The summed E-state index contributed by atoms with van der Waals surface area (Å²) in [5.41, 5.74) is -0.856. The summed E-state index contributed by atoms with van der Waals surface area (Å²) in [5.74, 6) is -2.01. The number of aliphatic hydroxyl groups is 2. The van der Waals surface area contributed by atoms with Gasteiger partial charge < -0.3 is 14.9 Å². The standard InChI is InChI=1S/C26H43FO6/c1-16(5-8-21(28)32-15-33-31)18-6-7-19-22-20(9-10-25(18,19)4)24(3)12-11-23(2,29)13-17(24)14-26(22,27)30/h16-20,22,29-31H,5-15H2,1-4H3. The van der Waals surface area contributed by atoms with Gasteiger partial charge in [0, 0.05) is 18.8 Å². The average molecular weight is 471 g/mol. The highest BCUT2D eigenvalue weighted by atomic mass is 19.2. The van der Waals surface area contributed by atoms with Crippen LogP contribution in [-0.4, -0.2) is 39.7 Å². The Balaban J connectivity index is 1.51. The third-order valence-electron chi connectivity index (χ3n) is 10.8. The molecule has 190 valence electrons. The zero-order valence-electron chi connectivity index (χ0n) is 20.7. The van der Waals surface area contributed by atoms with Crippen LogP contribution in [0.4, 0.5) is 4.39 Å². The van der Waals surface area contributed by atoms with Gasteiger partial charge in [0.05, 0.1) is 5.60 Å². The fraction of sp³-hybridized carbons (Fsp3) is 0.962. The first-order chi connectivity index (χ1) is 15.3. The molecule has 7 heteroatoms. The second-order valence-electron chi connectivity index (χ2n) is 12.7. The molecule has 0 bridgehead atoms. The van der Waals surface area contributed by atoms with Crippen molar-refractivity contribution in [2.45, 2.75) is 103 Å². The second kappa shape index (κ2) is 8.72. The molecule has 3 N–H and O–H groups in total. The third-order valence-corrected chi connectivity index (χ3v) is 10.8. The third kappa shape index (κ3) is 4.36. The normalized spacial score (nSPS) is 50.1. The zero-order valence-corrected chi connectivity index (χ0v) is 20.7. The summed E-state index contributed by atoms with van der Waals surface area (Å²) in [5, 5.41) is 30.2. The quantitative estimate of drug-likeness (QED) is 0.217. The van der Waals surface area contributed by atoms with E-state index in [1.54, 1.807) is 0 Å². The van der Waals surface area contributed by atoms with Crippen molar-refractivity contribution < 1.29 is 34.3 Å². The number of fused-ring (bicyclic) bond motifs is 5. The van der Waals surface area contributed by atoms with E-state index < -0.39 is 24.2 Å². The molecule has 4 rings (SSSR count). The SMILES string of the molecule is CC(CCC(=O)OCOO)C1CCC2C3C(CCC12C)C1(C)CCC(C)(O)CC1CC3(O)F. The Morgan fingerprint density at radius 1 is 1.03 bits per heavy atom. The Kier molecular flexibility index (Phi) is 6.69. The molecule has 0 aromatic heterocycles. The number of carbonyl (C=O) groups is 1. The highest BCUT2D eigenvalue weighted by Crippen LogP contribution is 2.70. The first-order valence-corrected chi connectivity index (χ1v) is 12.9. The lowest BCUT2D eigenvalue weighted by atomic mass is 9.42. The van der Waals surface area contributed by atoms with Crippen LogP contribution in [0.5, 0.6) is 0 Å². The van der Waals surface area contributed by atoms with Gasteiger partial charge in [0.2, 0.25) is 12.6 Å². The van der Waals surface area contributed by atoms with Gasteiger partial charge in [0.1, 0.15) is 0 Å². The molecule has 33 heavy (non-hydrogen) atoms. The van der Waals surface area contributed by atoms with Crippen LogP contribution in [0, 0.1) is 46.3 Å². The Morgan fingerprint density at radius 3 is 2.42 bits per heavy atom. The van der Waals surface area contributed by atoms with Gasteiger partial charge in [-0.1, -0.05) is 20.8 Å². The summed E-state index contributed by atoms with van der Waals surface area (Å²) in [6, 6.07) is 0. The van der Waals surface area contributed by atoms with Crippen molar-refractivity contribution in [2.75, 3.05) is 6.79 Å². The molecule has 0 aliphatic heterocycles. The van der Waals surface area contributed by atoms with E-state index in [0.29, 0.717) is 18.8 Å². The molecule has 0 heterocycles. The van der Waals surface area contributed by atoms with Crippen LogP contribution in [0.25, 0.3) is 0 Å². The van der Waals surface area contributed by atoms with Crippen LogP contribution >= 0.6 is 0 Å². The zero-order chi connectivity index (χ0) is 24.2. The van der Waals surface area contributed by atoms with Gasteiger partial charge in [-0.3, -0.25) is 4.79 Å². The fourth-order valence-electron chi connectivity index (χ4n) is 9.07. The molecular weight excluding hydrogens is 427 g/mol. The molecule has 0 saturated heterocycles. The van der Waals surface area contributed by atoms with Crippen molar-refractivity contribution in [1.82, 2.24) is 0 Å². The minimum atomic E-state index is -2.19. The van der Waals surface area contributed by atoms with Gasteiger partial charge in [0.15, 0.2) is 0 Å². The first-order valence-electron chi connectivity index (χ1n) is 12.9. The number of rotatable bonds is 6. The number of hydrogen-bond donors (Lipinski definition) is 3. The fourth-order valence-corrected chi connectivity index (χ4v) is 9.07. The van der Waals surface area contributed by atoms with E-state index in [0.717, 1.165) is 38.5 Å². The summed E-state index contributed by atoms with van der Waals surface area (Å²) in [4.78, 5) is 15.7. The van der Waals surface area contributed by atoms with E-state index in [-0.39, 0.29) is 53.3 Å². The largest absolute Gasteiger partial charge is 0.436 e. The maximum Gasteiger partial charge on any atom is 0.307 e. The van der Waals surface area contributed by atoms with Gasteiger partial charge in [-0.05, 0) is 98.7 Å². The molecule has 10 atom stereocenters. The van der Waals surface area contributed by atoms with E-state index in [1.807, 2.05) is 6.92 Å². The maximum atomic E-state index is 16.1. The first kappa shape index (κ1) is 25.3. The lowest BCUT2D eigenvalue weighted by molar-refractivity contribution is -0.289. The molecule has 6 nitrogen and oxygen atoms in total. The molecule has 0 radical (unpaired) electrons. The van der Waals surface area contributed by atoms with E-state index in [9.17, 15) is 15.0 Å². The Hall–Kier alpha value is -0.760. The van der Waals surface area contributed by atoms with Crippen LogP contribution in [0.1, 0.15) is 91.9 Å². The van der Waals surface area contributed by atoms with Gasteiger partial charge >= 0.3 is 5.97 Å². The van der Waals surface area contributed by atoms with Crippen LogP contribution in [0.15, 0.2) is 0 Å². The number of hydrogen-bond acceptors (Lipinski definition) is 6. The monoisotopic (exact) mass is 470 g/mol. The van der Waals surface area contributed by atoms with Crippen LogP contribution < -0.4 is 0 Å². The van der Waals surface area contributed by atoms with Crippen molar-refractivity contribution in [3.05, 3.63) is 0 Å². The molecule has 4 aliphatic rings. The van der Waals surface area contributed by atoms with Crippen molar-refractivity contribution in [1.29, 1.82) is 0 Å². The molecule has 4 fully saturated rings. The number of esters is 1. The van der Waals surface area contributed by atoms with Gasteiger partial charge in [-0.25, -0.2) is 9.65 Å². The highest BCUT2D eigenvalue weighted by molar-refractivity contribution is 5.69. The number of ether oxygens (including phenoxy) is 1. The van der Waals surface area contributed by atoms with Crippen molar-refractivity contribution in [2.24, 2.45) is 46.3 Å². The molecule has 0 aromatic rings. The lowest BCUT2D eigenvalue weighted by Crippen LogP contribution is -2.63. The van der Waals surface area contributed by atoms with E-state index in [2.05, 4.69) is 25.7 Å². The minimum Gasteiger partial charge on any atom is -0.436 e. The molecular formula is C26H43FO6. The number of alkyl halides is 1. The number of carbonyl (C=O) groups excluding carboxylic acids is 1. The summed E-state index contributed by atoms with van der Waals surface area (Å²) < 4.78 is 20.9. The molecule has 4 aliphatic carbocycles. The molecule has 10 unspecified atom stereocenters. The second-order valence-corrected chi connectivity index (χ2v) is 12.7. The van der Waals surface area contributed by atoms with Crippen molar-refractivity contribution in [3.8, 4) is 0 Å². The summed E-state index contributed by atoms with van der Waals surface area (Å²) in [6.45, 7) is 8.14. The van der Waals surface area contributed by atoms with E-state index in [1.165, 1.54) is 0 Å². The van der Waals surface area contributed by atoms with Crippen molar-refractivity contribution in [3.63, 3.8) is 0 Å².